The van der Waals surface area contributed by atoms with Crippen LogP contribution in [0.1, 0.15) is 39.5 Å². The molecule has 0 fully saturated rings. The molecule has 0 saturated carbocycles. The van der Waals surface area contributed by atoms with Crippen LogP contribution in [0, 0.1) is 5.92 Å². The summed E-state index contributed by atoms with van der Waals surface area (Å²) in [4.78, 5) is 24.1. The molecule has 1 atom stereocenters. The van der Waals surface area contributed by atoms with E-state index in [1.807, 2.05) is 4.90 Å². The Morgan fingerprint density at radius 2 is 1.94 bits per heavy atom. The van der Waals surface area contributed by atoms with E-state index in [1.54, 1.807) is 14.0 Å². The topological polar surface area (TPSA) is 69.6 Å². The minimum absolute atomic E-state index is 0.0666. The molecule has 0 aliphatic carbocycles. The summed E-state index contributed by atoms with van der Waals surface area (Å²) in [7, 11) is 1.60. The summed E-state index contributed by atoms with van der Waals surface area (Å²) in [5.74, 6) is -1.32. The van der Waals surface area contributed by atoms with Gasteiger partial charge in [-0.2, -0.15) is 0 Å². The number of nitrogens with one attached hydrogen (secondary N) is 1. The fourth-order valence-electron chi connectivity index (χ4n) is 1.74. The second kappa shape index (κ2) is 9.88. The van der Waals surface area contributed by atoms with E-state index in [0.717, 1.165) is 19.4 Å². The number of hydrogen-bond acceptors (Lipinski definition) is 3. The third-order valence-electron chi connectivity index (χ3n) is 2.93. The number of carboxylic acid groups (broad SMARTS) is 1. The van der Waals surface area contributed by atoms with E-state index in [2.05, 4.69) is 12.2 Å². The van der Waals surface area contributed by atoms with E-state index in [4.69, 9.17) is 5.11 Å². The lowest BCUT2D eigenvalue weighted by molar-refractivity contribution is -0.142. The first-order valence-electron chi connectivity index (χ1n) is 6.67. The van der Waals surface area contributed by atoms with Gasteiger partial charge in [0.05, 0.1) is 12.5 Å². The van der Waals surface area contributed by atoms with Crippen LogP contribution in [-0.4, -0.2) is 48.6 Å². The minimum Gasteiger partial charge on any atom is -0.481 e. The van der Waals surface area contributed by atoms with E-state index in [1.165, 1.54) is 12.8 Å². The van der Waals surface area contributed by atoms with E-state index >= 15 is 0 Å². The molecule has 0 rings (SSSR count). The molecule has 1 unspecified atom stereocenters. The van der Waals surface area contributed by atoms with Crippen LogP contribution in [-0.2, 0) is 9.59 Å². The van der Waals surface area contributed by atoms with E-state index in [-0.39, 0.29) is 12.5 Å². The molecule has 1 amide bonds. The second-order valence-electron chi connectivity index (χ2n) is 4.71. The average Bonchev–Trinajstić information content (AvgIpc) is 2.33. The molecule has 0 aliphatic heterocycles. The molecule has 5 heteroatoms. The molecule has 0 spiro atoms. The van der Waals surface area contributed by atoms with E-state index in [9.17, 15) is 9.59 Å². The van der Waals surface area contributed by atoms with Gasteiger partial charge >= 0.3 is 5.97 Å². The van der Waals surface area contributed by atoms with Crippen LogP contribution < -0.4 is 5.32 Å². The lowest BCUT2D eigenvalue weighted by Gasteiger charge is -2.23. The Balaban J connectivity index is 4.15. The molecule has 5 nitrogen and oxygen atoms in total. The number of likely N-dealkylation sites (N-methyl/N-ethyl adjacent to an activating group) is 1. The predicted octanol–water partition coefficient (Wildman–Crippen LogP) is 1.34. The first-order valence-corrected chi connectivity index (χ1v) is 6.67. The van der Waals surface area contributed by atoms with Crippen LogP contribution >= 0.6 is 0 Å². The van der Waals surface area contributed by atoms with Gasteiger partial charge in [0.1, 0.15) is 0 Å². The van der Waals surface area contributed by atoms with Crippen molar-refractivity contribution in [2.45, 2.75) is 39.5 Å². The van der Waals surface area contributed by atoms with Crippen LogP contribution in [0.5, 0.6) is 0 Å². The van der Waals surface area contributed by atoms with Crippen molar-refractivity contribution in [1.82, 2.24) is 10.2 Å². The van der Waals surface area contributed by atoms with Gasteiger partial charge in [0.25, 0.3) is 0 Å². The lowest BCUT2D eigenvalue weighted by Crippen LogP contribution is -2.39. The van der Waals surface area contributed by atoms with Crippen LogP contribution in [0.15, 0.2) is 0 Å². The van der Waals surface area contributed by atoms with Gasteiger partial charge in [0, 0.05) is 13.6 Å². The smallest absolute Gasteiger partial charge is 0.307 e. The van der Waals surface area contributed by atoms with E-state index < -0.39 is 11.9 Å². The second-order valence-corrected chi connectivity index (χ2v) is 4.71. The van der Waals surface area contributed by atoms with Crippen molar-refractivity contribution in [3.8, 4) is 0 Å². The summed E-state index contributed by atoms with van der Waals surface area (Å²) >= 11 is 0. The fourth-order valence-corrected chi connectivity index (χ4v) is 1.74. The predicted molar refractivity (Wildman–Crippen MR) is 71.4 cm³/mol. The Hall–Kier alpha value is -1.10. The molecule has 0 saturated heterocycles. The quantitative estimate of drug-likeness (QED) is 0.580. The lowest BCUT2D eigenvalue weighted by atomic mass is 10.1. The van der Waals surface area contributed by atoms with Gasteiger partial charge in [0.15, 0.2) is 0 Å². The zero-order valence-corrected chi connectivity index (χ0v) is 11.7. The molecular formula is C13H26N2O3. The van der Waals surface area contributed by atoms with Crippen LogP contribution in [0.25, 0.3) is 0 Å². The maximum Gasteiger partial charge on any atom is 0.307 e. The number of nitrogens with zero attached hydrogens (tertiary/aromatic N) is 1. The molecule has 106 valence electrons. The number of hydrogen-bond donors (Lipinski definition) is 2. The Bertz CT molecular complexity index is 257. The normalized spacial score (nSPS) is 12.4. The number of carboxylic acids is 1. The van der Waals surface area contributed by atoms with Crippen molar-refractivity contribution in [3.63, 3.8) is 0 Å². The van der Waals surface area contributed by atoms with Gasteiger partial charge in [-0.3, -0.25) is 14.5 Å². The van der Waals surface area contributed by atoms with Gasteiger partial charge in [-0.15, -0.1) is 0 Å². The fraction of sp³-hybridized carbons (Fsp3) is 0.846. The third kappa shape index (κ3) is 8.06. The highest BCUT2D eigenvalue weighted by atomic mass is 16.4. The highest BCUT2D eigenvalue weighted by molar-refractivity contribution is 5.77. The number of unbranched alkanes of at least 4 members (excludes halogenated alkanes) is 3. The first kappa shape index (κ1) is 16.9. The summed E-state index contributed by atoms with van der Waals surface area (Å²) in [5, 5.41) is 11.5. The summed E-state index contributed by atoms with van der Waals surface area (Å²) < 4.78 is 0. The van der Waals surface area contributed by atoms with Crippen LogP contribution in [0.3, 0.4) is 0 Å². The van der Waals surface area contributed by atoms with Crippen molar-refractivity contribution >= 4 is 11.9 Å². The Kier molecular flexibility index (Phi) is 9.28. The SMILES string of the molecule is CCCCCCN(CC(=O)NC)CC(C)C(=O)O. The minimum atomic E-state index is -0.814. The molecular weight excluding hydrogens is 232 g/mol. The molecule has 0 aliphatic rings. The Morgan fingerprint density at radius 1 is 1.28 bits per heavy atom. The number of carbonyl (C=O) groups excluding carboxylic acids is 1. The highest BCUT2D eigenvalue weighted by Gasteiger charge is 2.17. The Labute approximate surface area is 110 Å². The molecule has 2 N–H and O–H groups in total. The van der Waals surface area contributed by atoms with Gasteiger partial charge in [0.2, 0.25) is 5.91 Å². The molecule has 0 aromatic heterocycles. The summed E-state index contributed by atoms with van der Waals surface area (Å²) in [6.07, 6.45) is 4.49. The first-order chi connectivity index (χ1) is 8.51. The average molecular weight is 258 g/mol. The van der Waals surface area contributed by atoms with Gasteiger partial charge in [-0.1, -0.05) is 33.1 Å². The van der Waals surface area contributed by atoms with Crippen LogP contribution in [0.2, 0.25) is 0 Å². The zero-order chi connectivity index (χ0) is 14.0. The maximum atomic E-state index is 11.4. The van der Waals surface area contributed by atoms with Crippen molar-refractivity contribution in [2.75, 3.05) is 26.7 Å². The monoisotopic (exact) mass is 258 g/mol. The molecule has 0 aromatic rings. The highest BCUT2D eigenvalue weighted by Crippen LogP contribution is 2.05. The van der Waals surface area contributed by atoms with Gasteiger partial charge in [-0.25, -0.2) is 0 Å². The standard InChI is InChI=1S/C13H26N2O3/c1-4-5-6-7-8-15(10-12(16)14-3)9-11(2)13(17)18/h11H,4-10H2,1-3H3,(H,14,16)(H,17,18). The number of rotatable bonds is 10. The van der Waals surface area contributed by atoms with Crippen molar-refractivity contribution < 1.29 is 14.7 Å². The largest absolute Gasteiger partial charge is 0.481 e. The summed E-state index contributed by atoms with van der Waals surface area (Å²) in [5.41, 5.74) is 0. The maximum absolute atomic E-state index is 11.4. The number of aliphatic carboxylic acids is 1. The number of amides is 1. The van der Waals surface area contributed by atoms with Gasteiger partial charge < -0.3 is 10.4 Å². The van der Waals surface area contributed by atoms with Gasteiger partial charge in [-0.05, 0) is 13.0 Å². The number of carbonyl (C=O) groups is 2. The summed E-state index contributed by atoms with van der Waals surface area (Å²) in [6, 6.07) is 0. The molecule has 0 heterocycles. The van der Waals surface area contributed by atoms with Crippen molar-refractivity contribution in [3.05, 3.63) is 0 Å². The van der Waals surface area contributed by atoms with Crippen LogP contribution in [0.4, 0.5) is 0 Å². The van der Waals surface area contributed by atoms with Crippen molar-refractivity contribution in [1.29, 1.82) is 0 Å². The van der Waals surface area contributed by atoms with Crippen molar-refractivity contribution in [2.24, 2.45) is 5.92 Å². The van der Waals surface area contributed by atoms with E-state index in [0.29, 0.717) is 6.54 Å². The Morgan fingerprint density at radius 3 is 2.44 bits per heavy atom. The molecule has 0 bridgehead atoms. The summed E-state index contributed by atoms with van der Waals surface area (Å²) in [6.45, 7) is 5.31. The molecule has 0 aromatic carbocycles. The molecule has 0 radical (unpaired) electrons. The molecule has 18 heavy (non-hydrogen) atoms. The third-order valence-corrected chi connectivity index (χ3v) is 2.93. The zero-order valence-electron chi connectivity index (χ0n) is 11.7.